The fourth-order valence-corrected chi connectivity index (χ4v) is 4.54. The predicted octanol–water partition coefficient (Wildman–Crippen LogP) is 3.12. The van der Waals surface area contributed by atoms with Crippen molar-refractivity contribution < 1.29 is 14.1 Å². The van der Waals surface area contributed by atoms with E-state index in [0.717, 1.165) is 27.6 Å². The lowest BCUT2D eigenvalue weighted by Crippen LogP contribution is -2.38. The minimum Gasteiger partial charge on any atom is -0.484 e. The molecule has 1 amide bonds. The monoisotopic (exact) mass is 434 g/mol. The average molecular weight is 434 g/mol. The Morgan fingerprint density at radius 3 is 2.68 bits per heavy atom. The maximum atomic E-state index is 12.7. The maximum Gasteiger partial charge on any atom is 0.439 e. The van der Waals surface area contributed by atoms with E-state index in [0.29, 0.717) is 30.2 Å². The fourth-order valence-electron chi connectivity index (χ4n) is 3.41. The summed E-state index contributed by atoms with van der Waals surface area (Å²) in [5, 5.41) is 4.63. The first-order valence-electron chi connectivity index (χ1n) is 9.77. The Morgan fingerprint density at radius 2 is 1.94 bits per heavy atom. The Morgan fingerprint density at radius 1 is 1.13 bits per heavy atom. The summed E-state index contributed by atoms with van der Waals surface area (Å²) in [5.41, 5.74) is 2.86. The Hall–Kier alpha value is -3.72. The van der Waals surface area contributed by atoms with E-state index in [1.165, 1.54) is 0 Å². The van der Waals surface area contributed by atoms with E-state index >= 15 is 0 Å². The number of carbonyl (C=O) groups is 1. The molecule has 8 nitrogen and oxygen atoms in total. The van der Waals surface area contributed by atoms with Gasteiger partial charge in [0.05, 0.1) is 12.2 Å². The van der Waals surface area contributed by atoms with Crippen LogP contribution in [0, 0.1) is 0 Å². The third kappa shape index (κ3) is 4.13. The molecule has 156 valence electrons. The van der Waals surface area contributed by atoms with Crippen LogP contribution in [0.5, 0.6) is 5.75 Å². The fraction of sp³-hybridized carbons (Fsp3) is 0.182. The van der Waals surface area contributed by atoms with Crippen molar-refractivity contribution in [3.8, 4) is 27.7 Å². The molecule has 1 aliphatic heterocycles. The van der Waals surface area contributed by atoms with Gasteiger partial charge in [0.1, 0.15) is 10.8 Å². The summed E-state index contributed by atoms with van der Waals surface area (Å²) in [7, 11) is 0. The number of aromatic nitrogens is 3. The molecule has 0 fully saturated rings. The zero-order valence-electron chi connectivity index (χ0n) is 16.4. The van der Waals surface area contributed by atoms with Gasteiger partial charge < -0.3 is 9.64 Å². The lowest BCUT2D eigenvalue weighted by atomic mass is 10.1. The molecular weight excluding hydrogens is 416 g/mol. The van der Waals surface area contributed by atoms with E-state index in [9.17, 15) is 9.59 Å². The van der Waals surface area contributed by atoms with Gasteiger partial charge >= 0.3 is 5.76 Å². The minimum absolute atomic E-state index is 0.0418. The highest BCUT2D eigenvalue weighted by molar-refractivity contribution is 7.15. The number of thiazole rings is 1. The van der Waals surface area contributed by atoms with Crippen LogP contribution in [0.1, 0.15) is 10.6 Å². The molecule has 0 aliphatic carbocycles. The van der Waals surface area contributed by atoms with Gasteiger partial charge in [0.25, 0.3) is 5.91 Å². The van der Waals surface area contributed by atoms with E-state index in [4.69, 9.17) is 9.72 Å². The molecular formula is C22H18N4O4S. The molecule has 0 spiro atoms. The minimum atomic E-state index is -0.609. The molecule has 0 atom stereocenters. The number of fused-ring (bicyclic) bond motifs is 1. The van der Waals surface area contributed by atoms with Crippen molar-refractivity contribution in [1.82, 2.24) is 20.0 Å². The maximum absolute atomic E-state index is 12.7. The van der Waals surface area contributed by atoms with Gasteiger partial charge in [-0.2, -0.15) is 0 Å². The van der Waals surface area contributed by atoms with Crippen molar-refractivity contribution in [1.29, 1.82) is 0 Å². The Labute approximate surface area is 181 Å². The molecule has 2 aromatic heterocycles. The highest BCUT2D eigenvalue weighted by atomic mass is 32.1. The van der Waals surface area contributed by atoms with Crippen LogP contribution in [-0.4, -0.2) is 39.1 Å². The zero-order valence-corrected chi connectivity index (χ0v) is 17.2. The number of H-pyrrole nitrogens is 1. The quantitative estimate of drug-likeness (QED) is 0.518. The second-order valence-electron chi connectivity index (χ2n) is 7.08. The van der Waals surface area contributed by atoms with E-state index in [1.54, 1.807) is 35.6 Å². The van der Waals surface area contributed by atoms with Crippen LogP contribution in [0.25, 0.3) is 22.0 Å². The molecule has 3 heterocycles. The third-order valence-electron chi connectivity index (χ3n) is 5.04. The number of aromatic amines is 1. The van der Waals surface area contributed by atoms with Crippen LogP contribution >= 0.6 is 11.3 Å². The van der Waals surface area contributed by atoms with Crippen molar-refractivity contribution in [2.45, 2.75) is 13.0 Å². The summed E-state index contributed by atoms with van der Waals surface area (Å²) in [6.07, 6.45) is 0.745. The van der Waals surface area contributed by atoms with E-state index in [-0.39, 0.29) is 12.5 Å². The first-order chi connectivity index (χ1) is 15.2. The molecule has 0 unspecified atom stereocenters. The van der Waals surface area contributed by atoms with Crippen LogP contribution in [0.3, 0.4) is 0 Å². The SMILES string of the molecule is O=C(COc1ccc(-c2noc(=O)[nH]2)cc1)N1CCc2nc(-c3ccccc3)sc2C1. The summed E-state index contributed by atoms with van der Waals surface area (Å²) >= 11 is 1.64. The molecule has 1 N–H and O–H groups in total. The summed E-state index contributed by atoms with van der Waals surface area (Å²) in [6.45, 7) is 1.14. The predicted molar refractivity (Wildman–Crippen MR) is 115 cm³/mol. The second-order valence-corrected chi connectivity index (χ2v) is 8.16. The molecule has 2 aromatic carbocycles. The highest BCUT2D eigenvalue weighted by Crippen LogP contribution is 2.31. The Kier molecular flexibility index (Phi) is 5.09. The molecule has 9 heteroatoms. The Bertz CT molecular complexity index is 1260. The van der Waals surface area contributed by atoms with Gasteiger partial charge in [-0.1, -0.05) is 35.5 Å². The van der Waals surface area contributed by atoms with Crippen LogP contribution < -0.4 is 10.5 Å². The number of nitrogens with zero attached hydrogens (tertiary/aromatic N) is 3. The standard InChI is InChI=1S/C22H18N4O4S/c27-19(13-29-16-8-6-14(7-9-16)20-24-22(28)30-25-20)26-11-10-17-18(12-26)31-21(23-17)15-4-2-1-3-5-15/h1-9H,10-13H2,(H,24,25,28). The molecule has 1 aliphatic rings. The lowest BCUT2D eigenvalue weighted by molar-refractivity contribution is -0.134. The van der Waals surface area contributed by atoms with Crippen LogP contribution in [0.4, 0.5) is 0 Å². The van der Waals surface area contributed by atoms with Gasteiger partial charge in [0.15, 0.2) is 12.4 Å². The zero-order chi connectivity index (χ0) is 21.2. The van der Waals surface area contributed by atoms with E-state index in [1.807, 2.05) is 35.2 Å². The van der Waals surface area contributed by atoms with Crippen LogP contribution in [0.15, 0.2) is 63.9 Å². The number of amides is 1. The highest BCUT2D eigenvalue weighted by Gasteiger charge is 2.24. The van der Waals surface area contributed by atoms with Gasteiger partial charge in [-0.15, -0.1) is 11.3 Å². The molecule has 0 saturated heterocycles. The van der Waals surface area contributed by atoms with Crippen molar-refractivity contribution in [2.24, 2.45) is 0 Å². The summed E-state index contributed by atoms with van der Waals surface area (Å²) in [5.74, 6) is 0.230. The number of nitrogens with one attached hydrogen (secondary N) is 1. The first kappa shape index (κ1) is 19.3. The summed E-state index contributed by atoms with van der Waals surface area (Å²) in [6, 6.07) is 17.0. The molecule has 0 radical (unpaired) electrons. The van der Waals surface area contributed by atoms with Gasteiger partial charge in [-0.05, 0) is 24.3 Å². The summed E-state index contributed by atoms with van der Waals surface area (Å²) in [4.78, 5) is 33.9. The normalized spacial score (nSPS) is 13.1. The van der Waals surface area contributed by atoms with E-state index in [2.05, 4.69) is 14.7 Å². The smallest absolute Gasteiger partial charge is 0.439 e. The van der Waals surface area contributed by atoms with Gasteiger partial charge in [0, 0.05) is 29.0 Å². The number of hydrogen-bond donors (Lipinski definition) is 1. The number of ether oxygens (including phenoxy) is 1. The summed E-state index contributed by atoms with van der Waals surface area (Å²) < 4.78 is 10.2. The molecule has 0 saturated carbocycles. The van der Waals surface area contributed by atoms with Crippen LogP contribution in [-0.2, 0) is 17.8 Å². The van der Waals surface area contributed by atoms with Crippen molar-refractivity contribution >= 4 is 17.2 Å². The largest absolute Gasteiger partial charge is 0.484 e. The lowest BCUT2D eigenvalue weighted by Gasteiger charge is -2.26. The van der Waals surface area contributed by atoms with E-state index < -0.39 is 5.76 Å². The van der Waals surface area contributed by atoms with Crippen molar-refractivity contribution in [2.75, 3.05) is 13.2 Å². The third-order valence-corrected chi connectivity index (χ3v) is 6.17. The number of rotatable bonds is 5. The van der Waals surface area contributed by atoms with Gasteiger partial charge in [-0.25, -0.2) is 9.78 Å². The average Bonchev–Trinajstić information content (AvgIpc) is 3.44. The van der Waals surface area contributed by atoms with Crippen LogP contribution in [0.2, 0.25) is 0 Å². The topological polar surface area (TPSA) is 101 Å². The van der Waals surface area contributed by atoms with Gasteiger partial charge in [0.2, 0.25) is 0 Å². The molecule has 0 bridgehead atoms. The van der Waals surface area contributed by atoms with Crippen molar-refractivity contribution in [3.63, 3.8) is 0 Å². The molecule has 31 heavy (non-hydrogen) atoms. The first-order valence-corrected chi connectivity index (χ1v) is 10.6. The number of benzene rings is 2. The van der Waals surface area contributed by atoms with Gasteiger partial charge in [-0.3, -0.25) is 14.3 Å². The Balaban J connectivity index is 1.20. The molecule has 5 rings (SSSR count). The second kappa shape index (κ2) is 8.19. The number of carbonyl (C=O) groups excluding carboxylic acids is 1. The number of hydrogen-bond acceptors (Lipinski definition) is 7. The molecule has 4 aromatic rings. The van der Waals surface area contributed by atoms with Crippen molar-refractivity contribution in [3.05, 3.63) is 75.7 Å².